The maximum atomic E-state index is 12.0. The van der Waals surface area contributed by atoms with Gasteiger partial charge in [-0.05, 0) is 24.5 Å². The lowest BCUT2D eigenvalue weighted by Gasteiger charge is -2.11. The fraction of sp³-hybridized carbons (Fsp3) is 0.222. The van der Waals surface area contributed by atoms with Crippen LogP contribution in [-0.2, 0) is 13.0 Å². The zero-order valence-electron chi connectivity index (χ0n) is 13.0. The molecule has 0 aliphatic carbocycles. The van der Waals surface area contributed by atoms with Gasteiger partial charge in [-0.1, -0.05) is 72.4 Å². The Balaban J connectivity index is 1.72. The van der Waals surface area contributed by atoms with Crippen LogP contribution in [0.1, 0.15) is 23.3 Å². The van der Waals surface area contributed by atoms with Crippen LogP contribution in [0.25, 0.3) is 0 Å². The summed E-state index contributed by atoms with van der Waals surface area (Å²) in [6.45, 7) is 2.75. The molecule has 0 fully saturated rings. The Hall–Kier alpha value is -2.27. The maximum Gasteiger partial charge on any atom is 0.343 e. The minimum atomic E-state index is -0.149. The summed E-state index contributed by atoms with van der Waals surface area (Å²) >= 11 is 1.60. The van der Waals surface area contributed by atoms with E-state index in [1.165, 1.54) is 11.1 Å². The summed E-state index contributed by atoms with van der Waals surface area (Å²) in [6.07, 6.45) is 0.813. The molecule has 0 amide bonds. The molecule has 5 heteroatoms. The molecule has 1 unspecified atom stereocenters. The molecule has 0 aliphatic rings. The number of aromatic amines is 1. The Bertz CT molecular complexity index is 796. The molecule has 0 radical (unpaired) electrons. The number of H-pyrrole nitrogens is 1. The molecule has 118 valence electrons. The predicted molar refractivity (Wildman–Crippen MR) is 93.7 cm³/mol. The first kappa shape index (κ1) is 15.6. The van der Waals surface area contributed by atoms with E-state index in [1.54, 1.807) is 16.3 Å². The van der Waals surface area contributed by atoms with Crippen molar-refractivity contribution >= 4 is 11.8 Å². The van der Waals surface area contributed by atoms with Gasteiger partial charge in [0.2, 0.25) is 0 Å². The number of benzene rings is 2. The van der Waals surface area contributed by atoms with Crippen molar-refractivity contribution < 1.29 is 0 Å². The smallest absolute Gasteiger partial charge is 0.270 e. The van der Waals surface area contributed by atoms with Crippen molar-refractivity contribution in [2.45, 2.75) is 30.3 Å². The molecule has 0 bridgehead atoms. The van der Waals surface area contributed by atoms with Crippen LogP contribution in [0.2, 0.25) is 0 Å². The highest BCUT2D eigenvalue weighted by Crippen LogP contribution is 2.32. The Morgan fingerprint density at radius 1 is 1.09 bits per heavy atom. The molecule has 0 saturated heterocycles. The molecular formula is C18H19N3OS. The van der Waals surface area contributed by atoms with E-state index in [1.807, 2.05) is 36.4 Å². The Morgan fingerprint density at radius 3 is 2.43 bits per heavy atom. The molecule has 23 heavy (non-hydrogen) atoms. The standard InChI is InChI=1S/C18H19N3OS/c1-14(16-10-6-3-7-11-16)23-18-20-19-17(22)21(18)13-12-15-8-4-2-5-9-15/h2-11,14H,12-13H2,1H3,(H,19,22). The third kappa shape index (κ3) is 3.93. The van der Waals surface area contributed by atoms with Crippen molar-refractivity contribution in [3.63, 3.8) is 0 Å². The zero-order chi connectivity index (χ0) is 16.1. The van der Waals surface area contributed by atoms with Gasteiger partial charge in [-0.3, -0.25) is 4.57 Å². The largest absolute Gasteiger partial charge is 0.343 e. The number of aromatic nitrogens is 3. The fourth-order valence-electron chi connectivity index (χ4n) is 2.43. The second kappa shape index (κ2) is 7.33. The lowest BCUT2D eigenvalue weighted by atomic mass is 10.1. The van der Waals surface area contributed by atoms with Crippen molar-refractivity contribution in [1.82, 2.24) is 14.8 Å². The Morgan fingerprint density at radius 2 is 1.74 bits per heavy atom. The lowest BCUT2D eigenvalue weighted by Crippen LogP contribution is -2.19. The van der Waals surface area contributed by atoms with Gasteiger partial charge in [-0.25, -0.2) is 9.89 Å². The molecule has 4 nitrogen and oxygen atoms in total. The summed E-state index contributed by atoms with van der Waals surface area (Å²) in [5, 5.41) is 7.72. The van der Waals surface area contributed by atoms with Crippen molar-refractivity contribution in [3.8, 4) is 0 Å². The van der Waals surface area contributed by atoms with Crippen LogP contribution in [0.3, 0.4) is 0 Å². The topological polar surface area (TPSA) is 50.7 Å². The third-order valence-corrected chi connectivity index (χ3v) is 4.89. The van der Waals surface area contributed by atoms with E-state index >= 15 is 0 Å². The van der Waals surface area contributed by atoms with Crippen molar-refractivity contribution in [2.24, 2.45) is 0 Å². The van der Waals surface area contributed by atoms with Gasteiger partial charge in [0, 0.05) is 11.8 Å². The highest BCUT2D eigenvalue weighted by molar-refractivity contribution is 7.99. The normalized spacial score (nSPS) is 12.2. The molecular weight excluding hydrogens is 306 g/mol. The molecule has 1 atom stereocenters. The second-order valence-electron chi connectivity index (χ2n) is 5.37. The number of nitrogens with one attached hydrogen (secondary N) is 1. The molecule has 3 aromatic rings. The van der Waals surface area contributed by atoms with Crippen LogP contribution in [-0.4, -0.2) is 14.8 Å². The monoisotopic (exact) mass is 325 g/mol. The van der Waals surface area contributed by atoms with Gasteiger partial charge in [0.1, 0.15) is 0 Å². The number of aryl methyl sites for hydroxylation is 1. The van der Waals surface area contributed by atoms with E-state index in [0.29, 0.717) is 6.54 Å². The number of hydrogen-bond acceptors (Lipinski definition) is 3. The summed E-state index contributed by atoms with van der Waals surface area (Å²) < 4.78 is 1.72. The Labute approximate surface area is 139 Å². The summed E-state index contributed by atoms with van der Waals surface area (Å²) in [4.78, 5) is 12.0. The van der Waals surface area contributed by atoms with Crippen LogP contribution in [0.15, 0.2) is 70.6 Å². The van der Waals surface area contributed by atoms with Crippen molar-refractivity contribution in [1.29, 1.82) is 0 Å². The molecule has 0 spiro atoms. The number of thioether (sulfide) groups is 1. The molecule has 3 rings (SSSR count). The minimum absolute atomic E-state index is 0.149. The minimum Gasteiger partial charge on any atom is -0.270 e. The van der Waals surface area contributed by atoms with Crippen LogP contribution in [0.5, 0.6) is 0 Å². The molecule has 0 aliphatic heterocycles. The van der Waals surface area contributed by atoms with Crippen LogP contribution < -0.4 is 5.69 Å². The number of hydrogen-bond donors (Lipinski definition) is 1. The summed E-state index contributed by atoms with van der Waals surface area (Å²) in [7, 11) is 0. The van der Waals surface area contributed by atoms with E-state index < -0.39 is 0 Å². The first-order chi connectivity index (χ1) is 11.2. The third-order valence-electron chi connectivity index (χ3n) is 3.74. The summed E-state index contributed by atoms with van der Waals surface area (Å²) in [5.74, 6) is 0. The van der Waals surface area contributed by atoms with Gasteiger partial charge in [0.15, 0.2) is 5.16 Å². The van der Waals surface area contributed by atoms with Gasteiger partial charge in [-0.2, -0.15) is 0 Å². The molecule has 1 aromatic heterocycles. The average Bonchev–Trinajstić information content (AvgIpc) is 2.94. The van der Waals surface area contributed by atoms with Crippen LogP contribution in [0.4, 0.5) is 0 Å². The SMILES string of the molecule is CC(Sc1n[nH]c(=O)n1CCc1ccccc1)c1ccccc1. The lowest BCUT2D eigenvalue weighted by molar-refractivity contribution is 0.615. The molecule has 1 N–H and O–H groups in total. The van der Waals surface area contributed by atoms with E-state index in [9.17, 15) is 4.79 Å². The first-order valence-corrected chi connectivity index (χ1v) is 8.53. The molecule has 2 aromatic carbocycles. The van der Waals surface area contributed by atoms with Crippen LogP contribution in [0, 0.1) is 0 Å². The fourth-order valence-corrected chi connectivity index (χ4v) is 3.44. The number of rotatable bonds is 6. The van der Waals surface area contributed by atoms with Gasteiger partial charge in [-0.15, -0.1) is 5.10 Å². The van der Waals surface area contributed by atoms with E-state index in [0.717, 1.165) is 11.6 Å². The van der Waals surface area contributed by atoms with E-state index in [4.69, 9.17) is 0 Å². The first-order valence-electron chi connectivity index (χ1n) is 7.65. The number of nitrogens with zero attached hydrogens (tertiary/aromatic N) is 2. The van der Waals surface area contributed by atoms with Gasteiger partial charge in [0.25, 0.3) is 0 Å². The van der Waals surface area contributed by atoms with Crippen molar-refractivity contribution in [2.75, 3.05) is 0 Å². The van der Waals surface area contributed by atoms with Gasteiger partial charge in [0.05, 0.1) is 0 Å². The predicted octanol–water partition coefficient (Wildman–Crippen LogP) is 3.67. The van der Waals surface area contributed by atoms with Gasteiger partial charge >= 0.3 is 5.69 Å². The highest BCUT2D eigenvalue weighted by atomic mass is 32.2. The van der Waals surface area contributed by atoms with Crippen LogP contribution >= 0.6 is 11.8 Å². The maximum absolute atomic E-state index is 12.0. The van der Waals surface area contributed by atoms with E-state index in [-0.39, 0.29) is 10.9 Å². The summed E-state index contributed by atoms with van der Waals surface area (Å²) in [5.41, 5.74) is 2.29. The Kier molecular flexibility index (Phi) is 4.98. The second-order valence-corrected chi connectivity index (χ2v) is 6.68. The molecule has 0 saturated carbocycles. The quantitative estimate of drug-likeness (QED) is 0.704. The summed E-state index contributed by atoms with van der Waals surface area (Å²) in [6, 6.07) is 20.4. The van der Waals surface area contributed by atoms with Crippen molar-refractivity contribution in [3.05, 3.63) is 82.3 Å². The van der Waals surface area contributed by atoms with E-state index in [2.05, 4.69) is 41.4 Å². The zero-order valence-corrected chi connectivity index (χ0v) is 13.8. The van der Waals surface area contributed by atoms with Gasteiger partial charge < -0.3 is 0 Å². The molecule has 1 heterocycles. The highest BCUT2D eigenvalue weighted by Gasteiger charge is 2.14. The average molecular weight is 325 g/mol.